The Hall–Kier alpha value is -0.550. The number of alkyl halides is 3. The second-order valence-electron chi connectivity index (χ2n) is 5.22. The van der Waals surface area contributed by atoms with Crippen molar-refractivity contribution >= 4 is 11.3 Å². The molecule has 19 heavy (non-hydrogen) atoms. The van der Waals surface area contributed by atoms with Crippen LogP contribution in [0.25, 0.3) is 0 Å². The summed E-state index contributed by atoms with van der Waals surface area (Å²) in [7, 11) is 0. The van der Waals surface area contributed by atoms with Crippen LogP contribution >= 0.6 is 11.3 Å². The molecule has 0 radical (unpaired) electrons. The van der Waals surface area contributed by atoms with Crippen molar-refractivity contribution in [3.05, 3.63) is 22.4 Å². The Labute approximate surface area is 116 Å². The summed E-state index contributed by atoms with van der Waals surface area (Å²) in [5.41, 5.74) is 0. The zero-order chi connectivity index (χ0) is 13.9. The fourth-order valence-corrected chi connectivity index (χ4v) is 3.91. The Balaban J connectivity index is 2.09. The molecule has 3 atom stereocenters. The smallest absolute Gasteiger partial charge is 0.309 e. The third kappa shape index (κ3) is 3.72. The Morgan fingerprint density at radius 3 is 2.79 bits per heavy atom. The van der Waals surface area contributed by atoms with Crippen molar-refractivity contribution < 1.29 is 13.2 Å². The van der Waals surface area contributed by atoms with Crippen LogP contribution in [0.2, 0.25) is 0 Å². The summed E-state index contributed by atoms with van der Waals surface area (Å²) in [6.07, 6.45) is -1.91. The van der Waals surface area contributed by atoms with Gasteiger partial charge in [-0.15, -0.1) is 11.3 Å². The molecule has 1 saturated carbocycles. The van der Waals surface area contributed by atoms with E-state index < -0.39 is 12.1 Å². The molecule has 5 heteroatoms. The molecule has 0 aromatic carbocycles. The Morgan fingerprint density at radius 2 is 2.21 bits per heavy atom. The zero-order valence-corrected chi connectivity index (χ0v) is 11.9. The highest BCUT2D eigenvalue weighted by Crippen LogP contribution is 2.44. The van der Waals surface area contributed by atoms with E-state index in [4.69, 9.17) is 0 Å². The molecule has 1 N–H and O–H groups in total. The minimum atomic E-state index is -4.04. The van der Waals surface area contributed by atoms with Crippen molar-refractivity contribution in [2.75, 3.05) is 6.54 Å². The lowest BCUT2D eigenvalue weighted by atomic mass is 9.77. The van der Waals surface area contributed by atoms with Gasteiger partial charge in [-0.25, -0.2) is 0 Å². The van der Waals surface area contributed by atoms with E-state index in [-0.39, 0.29) is 18.4 Å². The van der Waals surface area contributed by atoms with Crippen LogP contribution < -0.4 is 5.32 Å². The molecule has 0 amide bonds. The molecule has 1 aromatic heterocycles. The maximum Gasteiger partial charge on any atom is 0.391 e. The van der Waals surface area contributed by atoms with Crippen molar-refractivity contribution in [2.24, 2.45) is 11.8 Å². The Morgan fingerprint density at radius 1 is 1.42 bits per heavy atom. The lowest BCUT2D eigenvalue weighted by Gasteiger charge is -2.35. The fourth-order valence-electron chi connectivity index (χ4n) is 3.02. The summed E-state index contributed by atoms with van der Waals surface area (Å²) in [6.45, 7) is 2.79. The largest absolute Gasteiger partial charge is 0.391 e. The molecule has 0 spiro atoms. The summed E-state index contributed by atoms with van der Waals surface area (Å²) in [5.74, 6) is -1.02. The molecule has 2 rings (SSSR count). The van der Waals surface area contributed by atoms with E-state index in [1.807, 2.05) is 24.4 Å². The van der Waals surface area contributed by atoms with E-state index in [9.17, 15) is 13.2 Å². The second-order valence-corrected chi connectivity index (χ2v) is 6.20. The molecule has 1 fully saturated rings. The van der Waals surface area contributed by atoms with E-state index in [1.54, 1.807) is 11.3 Å². The molecular formula is C14H20F3NS. The van der Waals surface area contributed by atoms with Crippen LogP contribution in [0, 0.1) is 11.8 Å². The monoisotopic (exact) mass is 291 g/mol. The summed E-state index contributed by atoms with van der Waals surface area (Å²) in [6, 6.07) is 4.07. The van der Waals surface area contributed by atoms with Gasteiger partial charge in [0.15, 0.2) is 0 Å². The average molecular weight is 291 g/mol. The molecule has 0 aliphatic heterocycles. The average Bonchev–Trinajstić information content (AvgIpc) is 2.88. The van der Waals surface area contributed by atoms with Gasteiger partial charge in [0.2, 0.25) is 0 Å². The number of hydrogen-bond donors (Lipinski definition) is 1. The lowest BCUT2D eigenvalue weighted by molar-refractivity contribution is -0.186. The van der Waals surface area contributed by atoms with E-state index >= 15 is 0 Å². The van der Waals surface area contributed by atoms with Gasteiger partial charge in [-0.05, 0) is 43.2 Å². The molecule has 1 aliphatic rings. The number of thiophene rings is 1. The molecule has 3 unspecified atom stereocenters. The number of rotatable bonds is 4. The highest BCUT2D eigenvalue weighted by Gasteiger charge is 2.43. The van der Waals surface area contributed by atoms with Crippen molar-refractivity contribution in [2.45, 2.75) is 44.8 Å². The van der Waals surface area contributed by atoms with Crippen LogP contribution in [0.3, 0.4) is 0 Å². The number of nitrogens with one attached hydrogen (secondary N) is 1. The third-order valence-corrected chi connectivity index (χ3v) is 4.88. The zero-order valence-electron chi connectivity index (χ0n) is 11.0. The van der Waals surface area contributed by atoms with Gasteiger partial charge in [0.1, 0.15) is 0 Å². The predicted octanol–water partition coefficient (Wildman–Crippen LogP) is 4.77. The quantitative estimate of drug-likeness (QED) is 0.842. The van der Waals surface area contributed by atoms with Gasteiger partial charge in [0, 0.05) is 10.9 Å². The van der Waals surface area contributed by atoms with E-state index in [0.717, 1.165) is 17.8 Å². The van der Waals surface area contributed by atoms with Crippen LogP contribution in [0.4, 0.5) is 13.2 Å². The number of halogens is 3. The van der Waals surface area contributed by atoms with Gasteiger partial charge >= 0.3 is 6.18 Å². The topological polar surface area (TPSA) is 12.0 Å². The molecule has 0 saturated heterocycles. The van der Waals surface area contributed by atoms with Gasteiger partial charge in [0.25, 0.3) is 0 Å². The first-order valence-electron chi connectivity index (χ1n) is 6.86. The highest BCUT2D eigenvalue weighted by atomic mass is 32.1. The molecule has 1 nitrogen and oxygen atoms in total. The molecular weight excluding hydrogens is 271 g/mol. The van der Waals surface area contributed by atoms with Gasteiger partial charge in [-0.1, -0.05) is 19.4 Å². The van der Waals surface area contributed by atoms with Gasteiger partial charge in [0.05, 0.1) is 5.92 Å². The first kappa shape index (κ1) is 14.9. The Kier molecular flexibility index (Phi) is 4.90. The standard InChI is InChI=1S/C14H20F3NS/c1-2-18-13(12-7-4-8-19-12)10-5-3-6-11(9-10)14(15,16)17/h4,7-8,10-11,13,18H,2-3,5-6,9H2,1H3. The Bertz CT molecular complexity index is 375. The van der Waals surface area contributed by atoms with E-state index in [1.165, 1.54) is 0 Å². The predicted molar refractivity (Wildman–Crippen MR) is 72.2 cm³/mol. The van der Waals surface area contributed by atoms with Crippen molar-refractivity contribution in [3.8, 4) is 0 Å². The molecule has 0 bridgehead atoms. The summed E-state index contributed by atoms with van der Waals surface area (Å²) in [4.78, 5) is 1.16. The SMILES string of the molecule is CCNC(c1cccs1)C1CCCC(C(F)(F)F)C1. The van der Waals surface area contributed by atoms with Gasteiger partial charge < -0.3 is 5.32 Å². The molecule has 1 heterocycles. The van der Waals surface area contributed by atoms with Crippen molar-refractivity contribution in [1.29, 1.82) is 0 Å². The highest BCUT2D eigenvalue weighted by molar-refractivity contribution is 7.10. The second kappa shape index (κ2) is 6.27. The number of hydrogen-bond acceptors (Lipinski definition) is 2. The summed E-state index contributed by atoms with van der Waals surface area (Å²) >= 11 is 1.63. The van der Waals surface area contributed by atoms with Crippen molar-refractivity contribution in [1.82, 2.24) is 5.32 Å². The maximum atomic E-state index is 12.9. The normalized spacial score (nSPS) is 26.3. The van der Waals surface area contributed by atoms with Crippen LogP contribution in [-0.4, -0.2) is 12.7 Å². The minimum Gasteiger partial charge on any atom is -0.309 e. The van der Waals surface area contributed by atoms with Crippen molar-refractivity contribution in [3.63, 3.8) is 0 Å². The molecule has 1 aliphatic carbocycles. The first-order chi connectivity index (χ1) is 9.02. The molecule has 1 aromatic rings. The van der Waals surface area contributed by atoms with E-state index in [2.05, 4.69) is 5.32 Å². The third-order valence-electron chi connectivity index (χ3n) is 3.92. The lowest BCUT2D eigenvalue weighted by Crippen LogP contribution is -2.35. The van der Waals surface area contributed by atoms with Crippen LogP contribution in [0.1, 0.15) is 43.5 Å². The van der Waals surface area contributed by atoms with Gasteiger partial charge in [-0.3, -0.25) is 0 Å². The van der Waals surface area contributed by atoms with Crippen LogP contribution in [0.5, 0.6) is 0 Å². The van der Waals surface area contributed by atoms with Crippen LogP contribution in [-0.2, 0) is 0 Å². The summed E-state index contributed by atoms with van der Waals surface area (Å²) in [5, 5.41) is 5.36. The van der Waals surface area contributed by atoms with E-state index in [0.29, 0.717) is 12.8 Å². The van der Waals surface area contributed by atoms with Gasteiger partial charge in [-0.2, -0.15) is 13.2 Å². The minimum absolute atomic E-state index is 0.0788. The molecule has 108 valence electrons. The fraction of sp³-hybridized carbons (Fsp3) is 0.714. The first-order valence-corrected chi connectivity index (χ1v) is 7.73. The maximum absolute atomic E-state index is 12.9. The van der Waals surface area contributed by atoms with Crippen LogP contribution in [0.15, 0.2) is 17.5 Å². The summed E-state index contributed by atoms with van der Waals surface area (Å²) < 4.78 is 38.7.